The summed E-state index contributed by atoms with van der Waals surface area (Å²) < 4.78 is 4.92. The summed E-state index contributed by atoms with van der Waals surface area (Å²) >= 11 is 0. The van der Waals surface area contributed by atoms with Gasteiger partial charge >= 0.3 is 0 Å². The summed E-state index contributed by atoms with van der Waals surface area (Å²) in [5.41, 5.74) is 2.18. The van der Waals surface area contributed by atoms with Gasteiger partial charge in [-0.25, -0.2) is 0 Å². The average molecular weight is 368 g/mol. The molecule has 0 aliphatic carbocycles. The Labute approximate surface area is 155 Å². The maximum Gasteiger partial charge on any atom is 0.287 e. The molecule has 0 radical (unpaired) electrons. The summed E-state index contributed by atoms with van der Waals surface area (Å²) in [4.78, 5) is 38.3. The molecular formula is C19H20N4O4. The summed E-state index contributed by atoms with van der Waals surface area (Å²) in [7, 11) is 0. The van der Waals surface area contributed by atoms with Crippen LogP contribution in [0.5, 0.6) is 0 Å². The Morgan fingerprint density at radius 1 is 0.926 bits per heavy atom. The van der Waals surface area contributed by atoms with Crippen molar-refractivity contribution in [3.8, 4) is 0 Å². The van der Waals surface area contributed by atoms with Crippen LogP contribution in [0.3, 0.4) is 0 Å². The fourth-order valence-corrected chi connectivity index (χ4v) is 2.63. The molecule has 140 valence electrons. The van der Waals surface area contributed by atoms with Crippen molar-refractivity contribution in [2.75, 3.05) is 19.6 Å². The zero-order valence-corrected chi connectivity index (χ0v) is 14.6. The largest absolute Gasteiger partial charge is 0.459 e. The van der Waals surface area contributed by atoms with E-state index >= 15 is 0 Å². The maximum absolute atomic E-state index is 11.8. The van der Waals surface area contributed by atoms with Crippen LogP contribution < -0.4 is 16.0 Å². The third kappa shape index (κ3) is 4.97. The third-order valence-electron chi connectivity index (χ3n) is 3.99. The first kappa shape index (κ1) is 18.2. The van der Waals surface area contributed by atoms with Gasteiger partial charge < -0.3 is 25.4 Å². The molecule has 27 heavy (non-hydrogen) atoms. The second-order valence-corrected chi connectivity index (χ2v) is 5.90. The Morgan fingerprint density at radius 2 is 1.70 bits per heavy atom. The minimum Gasteiger partial charge on any atom is -0.459 e. The van der Waals surface area contributed by atoms with Gasteiger partial charge in [0, 0.05) is 23.6 Å². The number of nitrogens with one attached hydrogen (secondary N) is 4. The first-order chi connectivity index (χ1) is 13.1. The molecule has 3 rings (SSSR count). The summed E-state index contributed by atoms with van der Waals surface area (Å²) in [6, 6.07) is 11.0. The number of furan rings is 1. The van der Waals surface area contributed by atoms with Crippen LogP contribution in [0.2, 0.25) is 0 Å². The Balaban J connectivity index is 1.33. The molecule has 8 nitrogen and oxygen atoms in total. The van der Waals surface area contributed by atoms with Gasteiger partial charge in [0.25, 0.3) is 5.91 Å². The summed E-state index contributed by atoms with van der Waals surface area (Å²) in [6.07, 6.45) is 3.98. The number of aromatic nitrogens is 1. The molecular weight excluding hydrogens is 348 g/mol. The lowest BCUT2D eigenvalue weighted by Gasteiger charge is -2.07. The molecule has 8 heteroatoms. The van der Waals surface area contributed by atoms with Crippen LogP contribution in [0, 0.1) is 0 Å². The number of hydrogen-bond acceptors (Lipinski definition) is 4. The van der Waals surface area contributed by atoms with Crippen LogP contribution in [0.25, 0.3) is 10.9 Å². The number of fused-ring (bicyclic) bond motifs is 1. The zero-order chi connectivity index (χ0) is 19.1. The maximum atomic E-state index is 11.8. The fraction of sp³-hybridized carbons (Fsp3) is 0.211. The molecule has 3 aromatic rings. The quantitative estimate of drug-likeness (QED) is 0.474. The predicted molar refractivity (Wildman–Crippen MR) is 99.1 cm³/mol. The van der Waals surface area contributed by atoms with Gasteiger partial charge in [0.2, 0.25) is 11.8 Å². The van der Waals surface area contributed by atoms with Gasteiger partial charge in [0.15, 0.2) is 5.76 Å². The minimum atomic E-state index is -0.488. The van der Waals surface area contributed by atoms with Crippen LogP contribution in [0.4, 0.5) is 0 Å². The smallest absolute Gasteiger partial charge is 0.287 e. The first-order valence-corrected chi connectivity index (χ1v) is 8.53. The van der Waals surface area contributed by atoms with Crippen molar-refractivity contribution in [1.29, 1.82) is 0 Å². The molecule has 0 aliphatic rings. The van der Waals surface area contributed by atoms with Gasteiger partial charge in [0.1, 0.15) is 0 Å². The van der Waals surface area contributed by atoms with Crippen molar-refractivity contribution in [3.63, 3.8) is 0 Å². The molecule has 3 amide bonds. The van der Waals surface area contributed by atoms with E-state index in [1.165, 1.54) is 12.3 Å². The van der Waals surface area contributed by atoms with Crippen LogP contribution >= 0.6 is 0 Å². The van der Waals surface area contributed by atoms with Crippen LogP contribution in [-0.4, -0.2) is 42.3 Å². The normalized spacial score (nSPS) is 10.5. The van der Waals surface area contributed by atoms with E-state index in [-0.39, 0.29) is 24.8 Å². The molecule has 1 aromatic carbocycles. The molecule has 0 unspecified atom stereocenters. The van der Waals surface area contributed by atoms with Gasteiger partial charge in [-0.1, -0.05) is 18.2 Å². The fourth-order valence-electron chi connectivity index (χ4n) is 2.63. The number of benzene rings is 1. The lowest BCUT2D eigenvalue weighted by molar-refractivity contribution is -0.125. The standard InChI is InChI=1S/C19H20N4O4/c24-17(11-22-18(25)12-23-19(26)16-6-3-9-27-16)20-8-7-13-10-21-15-5-2-1-4-14(13)15/h1-6,9-10,21H,7-8,11-12H2,(H,20,24)(H,22,25)(H,23,26). The number of para-hydroxylation sites is 1. The summed E-state index contributed by atoms with van der Waals surface area (Å²) in [5.74, 6) is -1.11. The lowest BCUT2D eigenvalue weighted by atomic mass is 10.1. The number of carbonyl (C=O) groups excluding carboxylic acids is 3. The highest BCUT2D eigenvalue weighted by Crippen LogP contribution is 2.17. The molecule has 2 aromatic heterocycles. The average Bonchev–Trinajstić information content (AvgIpc) is 3.35. The van der Waals surface area contributed by atoms with E-state index in [0.717, 1.165) is 16.5 Å². The van der Waals surface area contributed by atoms with E-state index in [0.29, 0.717) is 13.0 Å². The van der Waals surface area contributed by atoms with E-state index in [9.17, 15) is 14.4 Å². The van der Waals surface area contributed by atoms with Crippen molar-refractivity contribution in [2.45, 2.75) is 6.42 Å². The lowest BCUT2D eigenvalue weighted by Crippen LogP contribution is -2.42. The Bertz CT molecular complexity index is 930. The third-order valence-corrected chi connectivity index (χ3v) is 3.99. The van der Waals surface area contributed by atoms with Crippen molar-refractivity contribution >= 4 is 28.6 Å². The van der Waals surface area contributed by atoms with Gasteiger partial charge in [-0.15, -0.1) is 0 Å². The molecule has 0 aliphatic heterocycles. The van der Waals surface area contributed by atoms with Gasteiger partial charge in [0.05, 0.1) is 19.4 Å². The molecule has 0 atom stereocenters. The van der Waals surface area contributed by atoms with Crippen LogP contribution in [0.15, 0.2) is 53.3 Å². The van der Waals surface area contributed by atoms with Gasteiger partial charge in [-0.2, -0.15) is 0 Å². The van der Waals surface area contributed by atoms with E-state index in [1.807, 2.05) is 30.5 Å². The molecule has 0 bridgehead atoms. The molecule has 0 spiro atoms. The highest BCUT2D eigenvalue weighted by atomic mass is 16.3. The number of H-pyrrole nitrogens is 1. The monoisotopic (exact) mass is 368 g/mol. The second-order valence-electron chi connectivity index (χ2n) is 5.90. The van der Waals surface area contributed by atoms with Crippen molar-refractivity contribution in [3.05, 3.63) is 60.2 Å². The molecule has 0 fully saturated rings. The van der Waals surface area contributed by atoms with Crippen molar-refractivity contribution in [1.82, 2.24) is 20.9 Å². The van der Waals surface area contributed by atoms with E-state index in [1.54, 1.807) is 6.07 Å². The van der Waals surface area contributed by atoms with Crippen molar-refractivity contribution < 1.29 is 18.8 Å². The number of amides is 3. The van der Waals surface area contributed by atoms with Gasteiger partial charge in [-0.3, -0.25) is 14.4 Å². The van der Waals surface area contributed by atoms with E-state index in [2.05, 4.69) is 20.9 Å². The number of aromatic amines is 1. The summed E-state index contributed by atoms with van der Waals surface area (Å²) in [6.45, 7) is 0.0806. The number of rotatable bonds is 8. The van der Waals surface area contributed by atoms with Crippen LogP contribution in [-0.2, 0) is 16.0 Å². The Kier molecular flexibility index (Phi) is 5.88. The SMILES string of the molecule is O=C(CNC(=O)CNC(=O)c1ccco1)NCCc1c[nH]c2ccccc12. The molecule has 2 heterocycles. The Morgan fingerprint density at radius 3 is 2.52 bits per heavy atom. The topological polar surface area (TPSA) is 116 Å². The molecule has 0 saturated heterocycles. The Hall–Kier alpha value is -3.55. The first-order valence-electron chi connectivity index (χ1n) is 8.53. The van der Waals surface area contributed by atoms with Crippen molar-refractivity contribution in [2.24, 2.45) is 0 Å². The van der Waals surface area contributed by atoms with Gasteiger partial charge in [-0.05, 0) is 30.2 Å². The van der Waals surface area contributed by atoms with E-state index in [4.69, 9.17) is 4.42 Å². The highest BCUT2D eigenvalue weighted by molar-refractivity contribution is 5.94. The second kappa shape index (κ2) is 8.70. The highest BCUT2D eigenvalue weighted by Gasteiger charge is 2.11. The predicted octanol–water partition coefficient (Wildman–Crippen LogP) is 0.966. The minimum absolute atomic E-state index is 0.123. The van der Waals surface area contributed by atoms with E-state index < -0.39 is 11.8 Å². The number of hydrogen-bond donors (Lipinski definition) is 4. The summed E-state index contributed by atoms with van der Waals surface area (Å²) in [5, 5.41) is 8.75. The zero-order valence-electron chi connectivity index (χ0n) is 14.6. The molecule has 4 N–H and O–H groups in total. The number of carbonyl (C=O) groups is 3. The van der Waals surface area contributed by atoms with Crippen LogP contribution in [0.1, 0.15) is 16.1 Å². The molecule has 0 saturated carbocycles.